The Morgan fingerprint density at radius 2 is 2.20 bits per heavy atom. The fourth-order valence-corrected chi connectivity index (χ4v) is 2.56. The number of nitriles is 1. The monoisotopic (exact) mass is 295 g/mol. The summed E-state index contributed by atoms with van der Waals surface area (Å²) in [6.45, 7) is 0. The number of thiocarbonyl (C=S) groups is 1. The number of rotatable bonds is 4. The standard InChI is InChI=1S/C12H13N3O4S/c1-19-10(18)12(4-8(16)6-2-3-6)7(5-13)9(17)14-11(20)15-12/h6-7H,2-4H2,1H3,(H2,14,15,17,20)/t7-,12-/m0/s1. The van der Waals surface area contributed by atoms with Gasteiger partial charge in [-0.3, -0.25) is 9.59 Å². The maximum Gasteiger partial charge on any atom is 0.333 e. The summed E-state index contributed by atoms with van der Waals surface area (Å²) in [7, 11) is 1.14. The zero-order valence-corrected chi connectivity index (χ0v) is 11.6. The molecule has 0 unspecified atom stereocenters. The van der Waals surface area contributed by atoms with E-state index in [4.69, 9.17) is 12.2 Å². The molecule has 20 heavy (non-hydrogen) atoms. The molecule has 1 amide bonds. The number of nitrogens with one attached hydrogen (secondary N) is 2. The van der Waals surface area contributed by atoms with Crippen molar-refractivity contribution in [1.29, 1.82) is 5.26 Å². The van der Waals surface area contributed by atoms with Crippen LogP contribution in [0.4, 0.5) is 0 Å². The van der Waals surface area contributed by atoms with E-state index in [0.717, 1.165) is 20.0 Å². The molecule has 106 valence electrons. The Hall–Kier alpha value is -2.01. The highest BCUT2D eigenvalue weighted by Crippen LogP contribution is 2.35. The molecule has 0 aromatic heterocycles. The first kappa shape index (κ1) is 14.4. The first-order valence-corrected chi connectivity index (χ1v) is 6.49. The molecule has 1 aliphatic heterocycles. The van der Waals surface area contributed by atoms with E-state index in [-0.39, 0.29) is 23.2 Å². The van der Waals surface area contributed by atoms with Crippen molar-refractivity contribution in [3.05, 3.63) is 0 Å². The first-order chi connectivity index (χ1) is 9.44. The SMILES string of the molecule is COC(=O)[C@@]1(CC(=O)C2CC2)NC(=S)NC(=O)[C@@H]1C#N. The van der Waals surface area contributed by atoms with E-state index in [1.54, 1.807) is 6.07 Å². The zero-order chi connectivity index (χ0) is 14.9. The summed E-state index contributed by atoms with van der Waals surface area (Å²) in [5, 5.41) is 14.0. The summed E-state index contributed by atoms with van der Waals surface area (Å²) >= 11 is 4.86. The molecule has 1 heterocycles. The molecule has 0 bridgehead atoms. The largest absolute Gasteiger partial charge is 0.467 e. The number of Topliss-reactive ketones (excluding diaryl/α,β-unsaturated/α-hetero) is 1. The maximum absolute atomic E-state index is 12.1. The Morgan fingerprint density at radius 3 is 2.70 bits per heavy atom. The van der Waals surface area contributed by atoms with Crippen molar-refractivity contribution in [3.63, 3.8) is 0 Å². The lowest BCUT2D eigenvalue weighted by molar-refractivity contribution is -0.154. The molecular weight excluding hydrogens is 282 g/mol. The van der Waals surface area contributed by atoms with Crippen LogP contribution in [-0.2, 0) is 19.1 Å². The van der Waals surface area contributed by atoms with Gasteiger partial charge in [-0.25, -0.2) is 4.79 Å². The number of methoxy groups -OCH3 is 1. The van der Waals surface area contributed by atoms with E-state index in [0.29, 0.717) is 0 Å². The number of ether oxygens (including phenoxy) is 1. The summed E-state index contributed by atoms with van der Waals surface area (Å²) < 4.78 is 4.68. The van der Waals surface area contributed by atoms with Crippen molar-refractivity contribution in [2.75, 3.05) is 7.11 Å². The van der Waals surface area contributed by atoms with E-state index in [2.05, 4.69) is 15.4 Å². The van der Waals surface area contributed by atoms with E-state index in [9.17, 15) is 19.6 Å². The number of hydrogen-bond donors (Lipinski definition) is 2. The number of nitrogens with zero attached hydrogens (tertiary/aromatic N) is 1. The molecule has 0 radical (unpaired) electrons. The van der Waals surface area contributed by atoms with Gasteiger partial charge in [0.05, 0.1) is 13.2 Å². The van der Waals surface area contributed by atoms with Crippen LogP contribution < -0.4 is 10.6 Å². The van der Waals surface area contributed by atoms with Crippen LogP contribution in [-0.4, -0.2) is 35.4 Å². The van der Waals surface area contributed by atoms with Crippen LogP contribution in [0.3, 0.4) is 0 Å². The Bertz CT molecular complexity index is 537. The average molecular weight is 295 g/mol. The lowest BCUT2D eigenvalue weighted by atomic mass is 9.78. The molecule has 2 fully saturated rings. The highest BCUT2D eigenvalue weighted by molar-refractivity contribution is 7.80. The van der Waals surface area contributed by atoms with Crippen LogP contribution in [0.2, 0.25) is 0 Å². The van der Waals surface area contributed by atoms with Gasteiger partial charge in [0.2, 0.25) is 5.91 Å². The number of hydrogen-bond acceptors (Lipinski definition) is 6. The molecular formula is C12H13N3O4S. The molecule has 2 atom stereocenters. The molecule has 2 N–H and O–H groups in total. The van der Waals surface area contributed by atoms with E-state index in [1.807, 2.05) is 0 Å². The quantitative estimate of drug-likeness (QED) is 0.527. The highest BCUT2D eigenvalue weighted by atomic mass is 32.1. The van der Waals surface area contributed by atoms with Gasteiger partial charge in [-0.1, -0.05) is 0 Å². The second-order valence-corrected chi connectivity index (χ2v) is 5.29. The molecule has 1 aliphatic carbocycles. The van der Waals surface area contributed by atoms with Gasteiger partial charge in [-0.05, 0) is 25.1 Å². The zero-order valence-electron chi connectivity index (χ0n) is 10.8. The predicted octanol–water partition coefficient (Wildman–Crippen LogP) is -0.589. The second kappa shape index (κ2) is 5.17. The summed E-state index contributed by atoms with van der Waals surface area (Å²) in [6, 6.07) is 1.76. The second-order valence-electron chi connectivity index (χ2n) is 4.89. The molecule has 1 saturated carbocycles. The van der Waals surface area contributed by atoms with E-state index < -0.39 is 23.3 Å². The smallest absolute Gasteiger partial charge is 0.333 e. The van der Waals surface area contributed by atoms with Gasteiger partial charge in [0.1, 0.15) is 5.78 Å². The summed E-state index contributed by atoms with van der Waals surface area (Å²) in [5.74, 6) is -3.18. The fraction of sp³-hybridized carbons (Fsp3) is 0.583. The van der Waals surface area contributed by atoms with Crippen LogP contribution in [0.15, 0.2) is 0 Å². The van der Waals surface area contributed by atoms with Crippen LogP contribution in [0.5, 0.6) is 0 Å². The molecule has 0 aromatic carbocycles. The normalized spacial score (nSPS) is 28.9. The Balaban J connectivity index is 2.39. The van der Waals surface area contributed by atoms with E-state index in [1.165, 1.54) is 0 Å². The Kier molecular flexibility index (Phi) is 3.72. The minimum atomic E-state index is -1.73. The topological polar surface area (TPSA) is 108 Å². The van der Waals surface area contributed by atoms with Crippen molar-refractivity contribution in [3.8, 4) is 6.07 Å². The molecule has 2 rings (SSSR count). The predicted molar refractivity (Wildman–Crippen MR) is 70.1 cm³/mol. The van der Waals surface area contributed by atoms with Gasteiger partial charge in [0.15, 0.2) is 16.6 Å². The van der Waals surface area contributed by atoms with Crippen molar-refractivity contribution in [1.82, 2.24) is 10.6 Å². The lowest BCUT2D eigenvalue weighted by Gasteiger charge is -2.38. The van der Waals surface area contributed by atoms with Gasteiger partial charge in [-0.2, -0.15) is 5.26 Å². The molecule has 0 aromatic rings. The number of carbonyl (C=O) groups is 3. The first-order valence-electron chi connectivity index (χ1n) is 6.08. The highest BCUT2D eigenvalue weighted by Gasteiger charge is 2.56. The van der Waals surface area contributed by atoms with Gasteiger partial charge < -0.3 is 15.4 Å². The molecule has 1 saturated heterocycles. The van der Waals surface area contributed by atoms with Crippen molar-refractivity contribution < 1.29 is 19.1 Å². The molecule has 0 spiro atoms. The summed E-state index contributed by atoms with van der Waals surface area (Å²) in [4.78, 5) is 36.0. The van der Waals surface area contributed by atoms with Crippen LogP contribution in [0.1, 0.15) is 19.3 Å². The average Bonchev–Trinajstić information content (AvgIpc) is 3.21. The number of amides is 1. The fourth-order valence-electron chi connectivity index (χ4n) is 2.28. The third kappa shape index (κ3) is 2.36. The van der Waals surface area contributed by atoms with Gasteiger partial charge >= 0.3 is 5.97 Å². The lowest BCUT2D eigenvalue weighted by Crippen LogP contribution is -2.70. The van der Waals surface area contributed by atoms with E-state index >= 15 is 0 Å². The molecule has 8 heteroatoms. The molecule has 7 nitrogen and oxygen atoms in total. The van der Waals surface area contributed by atoms with Crippen molar-refractivity contribution in [2.45, 2.75) is 24.8 Å². The number of carbonyl (C=O) groups excluding carboxylic acids is 3. The van der Waals surface area contributed by atoms with Crippen LogP contribution >= 0.6 is 12.2 Å². The summed E-state index contributed by atoms with van der Waals surface area (Å²) in [5.41, 5.74) is -1.73. The third-order valence-electron chi connectivity index (χ3n) is 3.49. The van der Waals surface area contributed by atoms with Crippen molar-refractivity contribution >= 4 is 35.0 Å². The summed E-state index contributed by atoms with van der Waals surface area (Å²) in [6.07, 6.45) is 1.25. The third-order valence-corrected chi connectivity index (χ3v) is 3.70. The van der Waals surface area contributed by atoms with Crippen LogP contribution in [0.25, 0.3) is 0 Å². The number of esters is 1. The minimum absolute atomic E-state index is 0.0875. The molecule has 2 aliphatic rings. The van der Waals surface area contributed by atoms with Gasteiger partial charge in [-0.15, -0.1) is 0 Å². The Labute approximate surface area is 120 Å². The minimum Gasteiger partial charge on any atom is -0.467 e. The van der Waals surface area contributed by atoms with Crippen LogP contribution in [0, 0.1) is 23.2 Å². The van der Waals surface area contributed by atoms with Gasteiger partial charge in [0, 0.05) is 12.3 Å². The maximum atomic E-state index is 12.1. The Morgan fingerprint density at radius 1 is 1.55 bits per heavy atom. The van der Waals surface area contributed by atoms with Crippen molar-refractivity contribution in [2.24, 2.45) is 11.8 Å². The number of ketones is 1. The van der Waals surface area contributed by atoms with Gasteiger partial charge in [0.25, 0.3) is 0 Å².